The zero-order valence-corrected chi connectivity index (χ0v) is 8.16. The zero-order chi connectivity index (χ0) is 9.16. The molecule has 72 valence electrons. The van der Waals surface area contributed by atoms with Gasteiger partial charge in [-0.1, -0.05) is 0 Å². The third-order valence-electron chi connectivity index (χ3n) is 4.30. The highest BCUT2D eigenvalue weighted by atomic mass is 16.5. The van der Waals surface area contributed by atoms with Gasteiger partial charge in [0, 0.05) is 0 Å². The fraction of sp³-hybridized carbons (Fsp3) is 0.818. The Morgan fingerprint density at radius 3 is 2.46 bits per heavy atom. The minimum Gasteiger partial charge on any atom is -0.386 e. The summed E-state index contributed by atoms with van der Waals surface area (Å²) in [5.41, 5.74) is 2.45. The normalized spacial score (nSPS) is 53.3. The molecule has 2 fully saturated rings. The van der Waals surface area contributed by atoms with Crippen molar-refractivity contribution < 1.29 is 9.84 Å². The van der Waals surface area contributed by atoms with Crippen molar-refractivity contribution in [3.63, 3.8) is 0 Å². The van der Waals surface area contributed by atoms with Crippen molar-refractivity contribution in [1.29, 1.82) is 0 Å². The van der Waals surface area contributed by atoms with Crippen LogP contribution in [-0.2, 0) is 4.74 Å². The monoisotopic (exact) mass is 180 g/mol. The van der Waals surface area contributed by atoms with Crippen LogP contribution in [0.4, 0.5) is 0 Å². The van der Waals surface area contributed by atoms with Crippen LogP contribution in [0.3, 0.4) is 0 Å². The van der Waals surface area contributed by atoms with Gasteiger partial charge in [-0.25, -0.2) is 0 Å². The second-order valence-corrected chi connectivity index (χ2v) is 4.74. The molecular formula is C11H16O2. The Hall–Kier alpha value is -0.340. The first-order valence-corrected chi connectivity index (χ1v) is 5.21. The molecule has 1 saturated heterocycles. The average molecular weight is 180 g/mol. The molecule has 2 heterocycles. The molecule has 0 amide bonds. The third-order valence-corrected chi connectivity index (χ3v) is 4.30. The fourth-order valence-electron chi connectivity index (χ4n) is 3.14. The largest absolute Gasteiger partial charge is 0.386 e. The smallest absolute Gasteiger partial charge is 0.102 e. The number of rotatable bonds is 0. The maximum absolute atomic E-state index is 9.97. The van der Waals surface area contributed by atoms with Crippen LogP contribution in [0.5, 0.6) is 0 Å². The summed E-state index contributed by atoms with van der Waals surface area (Å²) in [7, 11) is 0. The van der Waals surface area contributed by atoms with E-state index in [1.54, 1.807) is 0 Å². The van der Waals surface area contributed by atoms with Gasteiger partial charge in [0.05, 0.1) is 12.2 Å². The summed E-state index contributed by atoms with van der Waals surface area (Å²) in [4.78, 5) is 0. The Labute approximate surface area is 78.6 Å². The van der Waals surface area contributed by atoms with Gasteiger partial charge in [-0.15, -0.1) is 0 Å². The zero-order valence-electron chi connectivity index (χ0n) is 8.16. The SMILES string of the molecule is CC1=C(C)C2OC(C1O)C1CCC21. The number of hydrogen-bond acceptors (Lipinski definition) is 2. The minimum atomic E-state index is -0.327. The highest BCUT2D eigenvalue weighted by molar-refractivity contribution is 5.29. The first-order chi connectivity index (χ1) is 6.20. The maximum atomic E-state index is 9.97. The van der Waals surface area contributed by atoms with Crippen LogP contribution in [0.25, 0.3) is 0 Å². The Morgan fingerprint density at radius 2 is 1.85 bits per heavy atom. The van der Waals surface area contributed by atoms with Crippen molar-refractivity contribution in [3.05, 3.63) is 11.1 Å². The van der Waals surface area contributed by atoms with Crippen molar-refractivity contribution >= 4 is 0 Å². The lowest BCUT2D eigenvalue weighted by atomic mass is 9.70. The summed E-state index contributed by atoms with van der Waals surface area (Å²) < 4.78 is 5.87. The van der Waals surface area contributed by atoms with E-state index in [9.17, 15) is 5.11 Å². The fourth-order valence-corrected chi connectivity index (χ4v) is 3.14. The molecule has 3 rings (SSSR count). The van der Waals surface area contributed by atoms with Gasteiger partial charge in [0.25, 0.3) is 0 Å². The van der Waals surface area contributed by atoms with Crippen LogP contribution in [0.15, 0.2) is 11.1 Å². The average Bonchev–Trinajstić information content (AvgIpc) is 2.29. The standard InChI is InChI=1S/C11H16O2/c1-5-6(2)10-7-3-4-8(7)11(13-10)9(5)12/h7-12H,3-4H2,1-2H3. The Balaban J connectivity index is 2.03. The van der Waals surface area contributed by atoms with Gasteiger partial charge in [-0.2, -0.15) is 0 Å². The second-order valence-electron chi connectivity index (χ2n) is 4.74. The van der Waals surface area contributed by atoms with Gasteiger partial charge in [0.15, 0.2) is 0 Å². The molecule has 1 aliphatic carbocycles. The molecule has 2 aliphatic heterocycles. The van der Waals surface area contributed by atoms with Crippen molar-refractivity contribution in [1.82, 2.24) is 0 Å². The van der Waals surface area contributed by atoms with E-state index in [1.165, 1.54) is 18.4 Å². The van der Waals surface area contributed by atoms with Crippen molar-refractivity contribution in [2.75, 3.05) is 0 Å². The molecular weight excluding hydrogens is 164 g/mol. The van der Waals surface area contributed by atoms with Crippen molar-refractivity contribution in [3.8, 4) is 0 Å². The van der Waals surface area contributed by atoms with Crippen LogP contribution in [0, 0.1) is 11.8 Å². The van der Waals surface area contributed by atoms with Gasteiger partial charge in [0.2, 0.25) is 0 Å². The van der Waals surface area contributed by atoms with Crippen molar-refractivity contribution in [2.24, 2.45) is 11.8 Å². The lowest BCUT2D eigenvalue weighted by Crippen LogP contribution is -2.37. The van der Waals surface area contributed by atoms with Crippen LogP contribution < -0.4 is 0 Å². The van der Waals surface area contributed by atoms with Crippen LogP contribution >= 0.6 is 0 Å². The lowest BCUT2D eigenvalue weighted by Gasteiger charge is -2.33. The van der Waals surface area contributed by atoms with Gasteiger partial charge in [-0.3, -0.25) is 0 Å². The molecule has 1 saturated carbocycles. The summed E-state index contributed by atoms with van der Waals surface area (Å²) in [5.74, 6) is 1.37. The molecule has 2 nitrogen and oxygen atoms in total. The minimum absolute atomic E-state index is 0.118. The number of ether oxygens (including phenoxy) is 1. The highest BCUT2D eigenvalue weighted by Gasteiger charge is 2.55. The van der Waals surface area contributed by atoms with Gasteiger partial charge >= 0.3 is 0 Å². The van der Waals surface area contributed by atoms with Crippen LogP contribution in [0.1, 0.15) is 26.7 Å². The molecule has 5 atom stereocenters. The topological polar surface area (TPSA) is 29.5 Å². The molecule has 1 N–H and O–H groups in total. The predicted octanol–water partition coefficient (Wildman–Crippen LogP) is 1.49. The lowest BCUT2D eigenvalue weighted by molar-refractivity contribution is -0.0354. The van der Waals surface area contributed by atoms with E-state index < -0.39 is 0 Å². The van der Waals surface area contributed by atoms with E-state index in [0.29, 0.717) is 12.0 Å². The third kappa shape index (κ3) is 0.810. The molecule has 0 aromatic rings. The predicted molar refractivity (Wildman–Crippen MR) is 49.3 cm³/mol. The van der Waals surface area contributed by atoms with Crippen molar-refractivity contribution in [2.45, 2.75) is 45.0 Å². The number of hydrogen-bond donors (Lipinski definition) is 1. The Bertz CT molecular complexity index is 282. The van der Waals surface area contributed by atoms with Gasteiger partial charge in [0.1, 0.15) is 6.10 Å². The van der Waals surface area contributed by atoms with Crippen LogP contribution in [-0.4, -0.2) is 23.4 Å². The van der Waals surface area contributed by atoms with E-state index in [-0.39, 0.29) is 12.2 Å². The molecule has 13 heavy (non-hydrogen) atoms. The number of fused-ring (bicyclic) bond motifs is 5. The first-order valence-electron chi connectivity index (χ1n) is 5.21. The molecule has 2 bridgehead atoms. The second kappa shape index (κ2) is 2.37. The Kier molecular flexibility index (Phi) is 1.46. The molecule has 5 unspecified atom stereocenters. The maximum Gasteiger partial charge on any atom is 0.102 e. The number of aliphatic hydroxyl groups is 1. The van der Waals surface area contributed by atoms with E-state index in [2.05, 4.69) is 6.92 Å². The summed E-state index contributed by atoms with van der Waals surface area (Å²) in [5, 5.41) is 9.97. The van der Waals surface area contributed by atoms with Crippen LogP contribution in [0.2, 0.25) is 0 Å². The molecule has 0 aromatic carbocycles. The molecule has 0 spiro atoms. The first kappa shape index (κ1) is 8.01. The Morgan fingerprint density at radius 1 is 1.15 bits per heavy atom. The van der Waals surface area contributed by atoms with Gasteiger partial charge < -0.3 is 9.84 Å². The highest BCUT2D eigenvalue weighted by Crippen LogP contribution is 2.53. The van der Waals surface area contributed by atoms with E-state index in [0.717, 1.165) is 11.5 Å². The molecule has 3 aliphatic rings. The molecule has 2 heteroatoms. The molecule has 0 aromatic heterocycles. The van der Waals surface area contributed by atoms with Gasteiger partial charge in [-0.05, 0) is 49.7 Å². The summed E-state index contributed by atoms with van der Waals surface area (Å²) in [6.45, 7) is 4.16. The van der Waals surface area contributed by atoms with E-state index >= 15 is 0 Å². The quantitative estimate of drug-likeness (QED) is 0.572. The molecule has 0 radical (unpaired) electrons. The summed E-state index contributed by atoms with van der Waals surface area (Å²) >= 11 is 0. The van der Waals surface area contributed by atoms with E-state index in [1.807, 2.05) is 6.92 Å². The number of aliphatic hydroxyl groups excluding tert-OH is 1. The summed E-state index contributed by atoms with van der Waals surface area (Å²) in [6.07, 6.45) is 2.68. The van der Waals surface area contributed by atoms with E-state index in [4.69, 9.17) is 4.74 Å². The summed E-state index contributed by atoms with van der Waals surface area (Å²) in [6, 6.07) is 0.